The van der Waals surface area contributed by atoms with E-state index in [0.29, 0.717) is 28.0 Å². The Balaban J connectivity index is 1.95. The number of nitrogens with two attached hydrogens (primary N) is 1. The topological polar surface area (TPSA) is 87.2 Å². The molecule has 2 heterocycles. The van der Waals surface area contributed by atoms with E-state index in [1.165, 1.54) is 18.4 Å². The number of aliphatic imine (C=N–C) groups is 1. The first-order valence-electron chi connectivity index (χ1n) is 8.20. The molecule has 4 N–H and O–H groups in total. The number of hydrogen-bond acceptors (Lipinski definition) is 4. The quantitative estimate of drug-likeness (QED) is 0.762. The van der Waals surface area contributed by atoms with Crippen molar-refractivity contribution in [2.75, 3.05) is 5.32 Å². The molecule has 6 heteroatoms. The van der Waals surface area contributed by atoms with E-state index in [9.17, 15) is 0 Å². The lowest BCUT2D eigenvalue weighted by Crippen LogP contribution is -2.15. The molecule has 0 saturated heterocycles. The predicted octanol–water partition coefficient (Wildman–Crippen LogP) is 4.04. The Kier molecular flexibility index (Phi) is 3.81. The molecule has 0 unspecified atom stereocenters. The van der Waals surface area contributed by atoms with Crippen molar-refractivity contribution in [3.05, 3.63) is 69.8 Å². The Labute approximate surface area is 151 Å². The summed E-state index contributed by atoms with van der Waals surface area (Å²) in [5, 5.41) is 12.1. The highest BCUT2D eigenvalue weighted by Gasteiger charge is 2.27. The van der Waals surface area contributed by atoms with E-state index in [0.717, 1.165) is 16.8 Å². The summed E-state index contributed by atoms with van der Waals surface area (Å²) in [6.45, 7) is 1.74. The minimum Gasteiger partial charge on any atom is -0.400 e. The second kappa shape index (κ2) is 6.01. The van der Waals surface area contributed by atoms with E-state index in [1.54, 1.807) is 25.4 Å². The fourth-order valence-corrected chi connectivity index (χ4v) is 3.20. The van der Waals surface area contributed by atoms with Crippen molar-refractivity contribution in [1.29, 1.82) is 5.41 Å². The number of pyridine rings is 1. The molecule has 1 aromatic heterocycles. The van der Waals surface area contributed by atoms with Crippen LogP contribution in [-0.2, 0) is 0 Å². The van der Waals surface area contributed by atoms with Crippen LogP contribution in [0, 0.1) is 5.41 Å². The molecule has 0 radical (unpaired) electrons. The predicted molar refractivity (Wildman–Crippen MR) is 102 cm³/mol. The van der Waals surface area contributed by atoms with Gasteiger partial charge in [0, 0.05) is 34.9 Å². The largest absolute Gasteiger partial charge is 0.400 e. The summed E-state index contributed by atoms with van der Waals surface area (Å²) in [4.78, 5) is 8.86. The number of amidine groups is 1. The van der Waals surface area contributed by atoms with Gasteiger partial charge in [-0.3, -0.25) is 10.4 Å². The monoisotopic (exact) mass is 351 g/mol. The Morgan fingerprint density at radius 1 is 1.28 bits per heavy atom. The minimum absolute atomic E-state index is 0.184. The first kappa shape index (κ1) is 15.8. The van der Waals surface area contributed by atoms with E-state index >= 15 is 0 Å². The van der Waals surface area contributed by atoms with Gasteiger partial charge in [-0.15, -0.1) is 0 Å². The first-order valence-corrected chi connectivity index (χ1v) is 8.57. The van der Waals surface area contributed by atoms with Gasteiger partial charge in [-0.05, 0) is 43.4 Å². The van der Waals surface area contributed by atoms with Crippen LogP contribution in [0.1, 0.15) is 42.4 Å². The zero-order valence-electron chi connectivity index (χ0n) is 13.8. The lowest BCUT2D eigenvalue weighted by Gasteiger charge is -2.12. The van der Waals surface area contributed by atoms with Crippen molar-refractivity contribution in [2.45, 2.75) is 25.7 Å². The summed E-state index contributed by atoms with van der Waals surface area (Å²) in [6.07, 6.45) is 5.78. The molecule has 5 nitrogen and oxygen atoms in total. The van der Waals surface area contributed by atoms with Gasteiger partial charge in [0.25, 0.3) is 0 Å². The van der Waals surface area contributed by atoms with E-state index in [2.05, 4.69) is 27.4 Å². The highest BCUT2D eigenvalue weighted by molar-refractivity contribution is 6.36. The number of fused-ring (bicyclic) bond motifs is 1. The molecule has 2 aromatic rings. The van der Waals surface area contributed by atoms with Crippen LogP contribution in [-0.4, -0.2) is 16.5 Å². The van der Waals surface area contributed by atoms with Gasteiger partial charge in [0.15, 0.2) is 5.84 Å². The number of anilines is 1. The minimum atomic E-state index is 0.184. The average molecular weight is 352 g/mol. The average Bonchev–Trinajstić information content (AvgIpc) is 3.41. The SMILES string of the molecule is C/C(N)=C1\N=C(c2cnccc2Cl)c2ccc(C3CC3)cc2NC1=N. The van der Waals surface area contributed by atoms with Crippen LogP contribution in [0.5, 0.6) is 0 Å². The van der Waals surface area contributed by atoms with Gasteiger partial charge in [0.2, 0.25) is 0 Å². The Hall–Kier alpha value is -2.66. The third kappa shape index (κ3) is 2.91. The maximum atomic E-state index is 8.34. The molecule has 1 aromatic carbocycles. The number of allylic oxidation sites excluding steroid dienone is 1. The van der Waals surface area contributed by atoms with E-state index < -0.39 is 0 Å². The molecule has 1 aliphatic carbocycles. The number of benzodiazepines with no additional fused rings is 1. The van der Waals surface area contributed by atoms with E-state index in [4.69, 9.17) is 22.7 Å². The molecule has 0 bridgehead atoms. The maximum Gasteiger partial charge on any atom is 0.150 e. The third-order valence-electron chi connectivity index (χ3n) is 4.46. The summed E-state index contributed by atoms with van der Waals surface area (Å²) in [7, 11) is 0. The number of halogens is 1. The summed E-state index contributed by atoms with van der Waals surface area (Å²) >= 11 is 6.39. The van der Waals surface area contributed by atoms with Gasteiger partial charge in [-0.2, -0.15) is 0 Å². The van der Waals surface area contributed by atoms with Gasteiger partial charge in [-0.25, -0.2) is 4.99 Å². The molecule has 1 saturated carbocycles. The summed E-state index contributed by atoms with van der Waals surface area (Å²) in [5.74, 6) is 0.808. The third-order valence-corrected chi connectivity index (χ3v) is 4.79. The van der Waals surface area contributed by atoms with Crippen molar-refractivity contribution >= 4 is 28.8 Å². The van der Waals surface area contributed by atoms with Crippen LogP contribution in [0.15, 0.2) is 53.0 Å². The lowest BCUT2D eigenvalue weighted by atomic mass is 9.98. The number of benzene rings is 1. The van der Waals surface area contributed by atoms with Gasteiger partial charge in [0.05, 0.1) is 10.7 Å². The fraction of sp³-hybridized carbons (Fsp3) is 0.211. The molecule has 0 amide bonds. The van der Waals surface area contributed by atoms with Gasteiger partial charge >= 0.3 is 0 Å². The molecule has 1 aliphatic heterocycles. The van der Waals surface area contributed by atoms with Crippen LogP contribution in [0.25, 0.3) is 0 Å². The smallest absolute Gasteiger partial charge is 0.150 e. The van der Waals surface area contributed by atoms with Crippen molar-refractivity contribution in [3.8, 4) is 0 Å². The molecule has 1 fully saturated rings. The molecule has 2 aliphatic rings. The van der Waals surface area contributed by atoms with Crippen LogP contribution in [0.4, 0.5) is 5.69 Å². The van der Waals surface area contributed by atoms with E-state index in [-0.39, 0.29) is 5.84 Å². The molecular formula is C19H18ClN5. The van der Waals surface area contributed by atoms with Crippen molar-refractivity contribution in [3.63, 3.8) is 0 Å². The molecular weight excluding hydrogens is 334 g/mol. The lowest BCUT2D eigenvalue weighted by molar-refractivity contribution is 1.13. The second-order valence-corrected chi connectivity index (χ2v) is 6.83. The zero-order valence-corrected chi connectivity index (χ0v) is 14.6. The summed E-state index contributed by atoms with van der Waals surface area (Å²) in [5.41, 5.74) is 11.3. The Morgan fingerprint density at radius 3 is 2.76 bits per heavy atom. The van der Waals surface area contributed by atoms with Gasteiger partial charge in [-0.1, -0.05) is 23.7 Å². The fourth-order valence-electron chi connectivity index (χ4n) is 3.01. The van der Waals surface area contributed by atoms with Gasteiger partial charge < -0.3 is 11.1 Å². The second-order valence-electron chi connectivity index (χ2n) is 6.43. The van der Waals surface area contributed by atoms with Crippen LogP contribution in [0.3, 0.4) is 0 Å². The summed E-state index contributed by atoms with van der Waals surface area (Å²) in [6, 6.07) is 8.02. The van der Waals surface area contributed by atoms with Crippen LogP contribution < -0.4 is 11.1 Å². The zero-order chi connectivity index (χ0) is 17.6. The van der Waals surface area contributed by atoms with Crippen molar-refractivity contribution in [1.82, 2.24) is 4.98 Å². The number of hydrogen-bond donors (Lipinski definition) is 3. The maximum absolute atomic E-state index is 8.34. The van der Waals surface area contributed by atoms with E-state index in [1.807, 2.05) is 6.07 Å². The first-order chi connectivity index (χ1) is 12.0. The van der Waals surface area contributed by atoms with Crippen molar-refractivity contribution < 1.29 is 0 Å². The van der Waals surface area contributed by atoms with Crippen LogP contribution in [0.2, 0.25) is 5.02 Å². The highest BCUT2D eigenvalue weighted by atomic mass is 35.5. The summed E-state index contributed by atoms with van der Waals surface area (Å²) < 4.78 is 0. The number of nitrogens with zero attached hydrogens (tertiary/aromatic N) is 2. The number of rotatable bonds is 2. The Morgan fingerprint density at radius 2 is 2.08 bits per heavy atom. The molecule has 0 atom stereocenters. The van der Waals surface area contributed by atoms with Gasteiger partial charge in [0.1, 0.15) is 5.70 Å². The highest BCUT2D eigenvalue weighted by Crippen LogP contribution is 2.42. The Bertz CT molecular complexity index is 937. The molecule has 4 rings (SSSR count). The normalized spacial score (nSPS) is 18.8. The standard InChI is InChI=1S/C19H18ClN5/c1-10(21)17-19(22)24-16-8-12(11-2-3-11)4-5-13(16)18(25-17)14-9-23-7-6-15(14)20/h4-9,11H,2-3,21H2,1H3,(H2,22,24)/b17-10+. The molecule has 126 valence electrons. The van der Waals surface area contributed by atoms with Crippen LogP contribution >= 0.6 is 11.6 Å². The number of nitrogens with one attached hydrogen (secondary N) is 2. The molecule has 0 spiro atoms. The number of aromatic nitrogens is 1. The van der Waals surface area contributed by atoms with Crippen molar-refractivity contribution in [2.24, 2.45) is 10.7 Å². The molecule has 25 heavy (non-hydrogen) atoms.